The van der Waals surface area contributed by atoms with E-state index in [0.717, 1.165) is 0 Å². The van der Waals surface area contributed by atoms with E-state index in [0.29, 0.717) is 35.9 Å². The number of carbonyl (C=O) groups excluding carboxylic acids is 2. The number of nitrogens with zero attached hydrogens (tertiary/aromatic N) is 2. The van der Waals surface area contributed by atoms with Crippen LogP contribution in [0.2, 0.25) is 0 Å². The number of halogens is 2. The van der Waals surface area contributed by atoms with Crippen LogP contribution < -0.4 is 5.32 Å². The third-order valence-corrected chi connectivity index (χ3v) is 5.26. The first-order valence-electron chi connectivity index (χ1n) is 9.31. The van der Waals surface area contributed by atoms with Crippen LogP contribution >= 0.6 is 12.2 Å². The molecule has 2 amide bonds. The maximum absolute atomic E-state index is 13.9. The standard InChI is InChI=1S/C21H21F2N3O2S/c1-2-25-20(28)18(13-19(27)24-16-9-7-15(22)8-10-16)26(21(25)29)12-11-14-5-3-4-6-17(14)23/h3-10,18H,2,11-13H2,1H3,(H,24,27). The van der Waals surface area contributed by atoms with Gasteiger partial charge in [-0.1, -0.05) is 18.2 Å². The number of carbonyl (C=O) groups is 2. The molecule has 0 aliphatic carbocycles. The number of amides is 2. The topological polar surface area (TPSA) is 52.7 Å². The molecule has 1 unspecified atom stereocenters. The molecule has 1 atom stereocenters. The van der Waals surface area contributed by atoms with Gasteiger partial charge in [0.15, 0.2) is 5.11 Å². The van der Waals surface area contributed by atoms with Crippen molar-refractivity contribution < 1.29 is 18.4 Å². The number of anilines is 1. The first-order chi connectivity index (χ1) is 13.9. The third kappa shape index (κ3) is 4.76. The van der Waals surface area contributed by atoms with Gasteiger partial charge in [-0.15, -0.1) is 0 Å². The molecule has 1 saturated heterocycles. The Morgan fingerprint density at radius 2 is 1.83 bits per heavy atom. The van der Waals surface area contributed by atoms with Gasteiger partial charge in [-0.2, -0.15) is 0 Å². The van der Waals surface area contributed by atoms with Crippen molar-refractivity contribution >= 4 is 34.8 Å². The van der Waals surface area contributed by atoms with Crippen molar-refractivity contribution in [1.29, 1.82) is 0 Å². The summed E-state index contributed by atoms with van der Waals surface area (Å²) >= 11 is 5.42. The van der Waals surface area contributed by atoms with Crippen LogP contribution in [0.25, 0.3) is 0 Å². The van der Waals surface area contributed by atoms with Crippen LogP contribution in [0.3, 0.4) is 0 Å². The molecule has 0 aromatic heterocycles. The minimum Gasteiger partial charge on any atom is -0.336 e. The van der Waals surface area contributed by atoms with E-state index >= 15 is 0 Å². The second-order valence-corrected chi connectivity index (χ2v) is 7.04. The van der Waals surface area contributed by atoms with Crippen LogP contribution in [0.15, 0.2) is 48.5 Å². The van der Waals surface area contributed by atoms with Crippen molar-refractivity contribution in [1.82, 2.24) is 9.80 Å². The van der Waals surface area contributed by atoms with Crippen molar-refractivity contribution in [3.8, 4) is 0 Å². The normalized spacial score (nSPS) is 16.4. The average Bonchev–Trinajstić information content (AvgIpc) is 2.92. The summed E-state index contributed by atoms with van der Waals surface area (Å²) in [7, 11) is 0. The number of benzene rings is 2. The summed E-state index contributed by atoms with van der Waals surface area (Å²) < 4.78 is 27.0. The fourth-order valence-corrected chi connectivity index (χ4v) is 3.74. The second kappa shape index (κ2) is 9.09. The van der Waals surface area contributed by atoms with Gasteiger partial charge in [-0.05, 0) is 61.5 Å². The lowest BCUT2D eigenvalue weighted by Gasteiger charge is -2.24. The molecule has 0 bridgehead atoms. The summed E-state index contributed by atoms with van der Waals surface area (Å²) in [5.74, 6) is -1.36. The van der Waals surface area contributed by atoms with Crippen LogP contribution in [-0.4, -0.2) is 45.9 Å². The summed E-state index contributed by atoms with van der Waals surface area (Å²) in [5, 5.41) is 3.00. The quantitative estimate of drug-likeness (QED) is 0.702. The van der Waals surface area contributed by atoms with Crippen LogP contribution in [0.5, 0.6) is 0 Å². The molecule has 1 heterocycles. The Balaban J connectivity index is 1.71. The van der Waals surface area contributed by atoms with E-state index in [-0.39, 0.29) is 24.1 Å². The van der Waals surface area contributed by atoms with Crippen molar-refractivity contribution in [3.63, 3.8) is 0 Å². The summed E-state index contributed by atoms with van der Waals surface area (Å²) in [4.78, 5) is 28.4. The Morgan fingerprint density at radius 1 is 1.14 bits per heavy atom. The highest BCUT2D eigenvalue weighted by atomic mass is 32.1. The molecule has 2 aromatic rings. The van der Waals surface area contributed by atoms with Gasteiger partial charge in [0.1, 0.15) is 17.7 Å². The zero-order chi connectivity index (χ0) is 21.0. The summed E-state index contributed by atoms with van der Waals surface area (Å²) in [6.45, 7) is 2.51. The van der Waals surface area contributed by atoms with Crippen molar-refractivity contribution in [3.05, 3.63) is 65.7 Å². The smallest absolute Gasteiger partial charge is 0.252 e. The number of nitrogens with one attached hydrogen (secondary N) is 1. The van der Waals surface area contributed by atoms with E-state index in [2.05, 4.69) is 5.32 Å². The van der Waals surface area contributed by atoms with E-state index in [4.69, 9.17) is 12.2 Å². The van der Waals surface area contributed by atoms with Crippen molar-refractivity contribution in [2.45, 2.75) is 25.8 Å². The molecule has 0 spiro atoms. The highest BCUT2D eigenvalue weighted by Gasteiger charge is 2.42. The third-order valence-electron chi connectivity index (χ3n) is 4.81. The second-order valence-electron chi connectivity index (χ2n) is 6.67. The molecule has 1 N–H and O–H groups in total. The number of hydrogen-bond donors (Lipinski definition) is 1. The molecule has 1 fully saturated rings. The Morgan fingerprint density at radius 3 is 2.48 bits per heavy atom. The molecule has 3 rings (SSSR count). The average molecular weight is 417 g/mol. The predicted octanol–water partition coefficient (Wildman–Crippen LogP) is 3.35. The first kappa shape index (κ1) is 20.9. The number of thiocarbonyl (C=S) groups is 1. The molecule has 152 valence electrons. The molecular formula is C21H21F2N3O2S. The zero-order valence-corrected chi connectivity index (χ0v) is 16.7. The number of rotatable bonds is 7. The van der Waals surface area contributed by atoms with E-state index in [1.165, 1.54) is 35.2 Å². The van der Waals surface area contributed by atoms with Crippen molar-refractivity contribution in [2.75, 3.05) is 18.4 Å². The van der Waals surface area contributed by atoms with Gasteiger partial charge in [-0.25, -0.2) is 8.78 Å². The van der Waals surface area contributed by atoms with Gasteiger partial charge in [0.05, 0.1) is 6.42 Å². The summed E-state index contributed by atoms with van der Waals surface area (Å²) in [5.41, 5.74) is 0.960. The van der Waals surface area contributed by atoms with Crippen LogP contribution in [0, 0.1) is 11.6 Å². The number of hydrogen-bond acceptors (Lipinski definition) is 3. The Hall–Kier alpha value is -2.87. The SMILES string of the molecule is CCN1C(=O)C(CC(=O)Nc2ccc(F)cc2)N(CCc2ccccc2F)C1=S. The molecule has 8 heteroatoms. The zero-order valence-electron chi connectivity index (χ0n) is 15.9. The molecule has 1 aliphatic heterocycles. The fraction of sp³-hybridized carbons (Fsp3) is 0.286. The fourth-order valence-electron chi connectivity index (χ4n) is 3.30. The lowest BCUT2D eigenvalue weighted by molar-refractivity contribution is -0.130. The molecule has 2 aromatic carbocycles. The number of likely N-dealkylation sites (N-methyl/N-ethyl adjacent to an activating group) is 1. The van der Waals surface area contributed by atoms with Gasteiger partial charge in [0, 0.05) is 18.8 Å². The lowest BCUT2D eigenvalue weighted by Crippen LogP contribution is -2.39. The molecule has 0 radical (unpaired) electrons. The van der Waals surface area contributed by atoms with E-state index in [1.807, 2.05) is 0 Å². The van der Waals surface area contributed by atoms with Gasteiger partial charge in [-0.3, -0.25) is 14.5 Å². The Bertz CT molecular complexity index is 920. The molecule has 29 heavy (non-hydrogen) atoms. The highest BCUT2D eigenvalue weighted by Crippen LogP contribution is 2.22. The molecule has 0 saturated carbocycles. The van der Waals surface area contributed by atoms with Crippen LogP contribution in [0.4, 0.5) is 14.5 Å². The predicted molar refractivity (Wildman–Crippen MR) is 110 cm³/mol. The first-order valence-corrected chi connectivity index (χ1v) is 9.72. The maximum atomic E-state index is 13.9. The monoisotopic (exact) mass is 417 g/mol. The molecule has 1 aliphatic rings. The van der Waals surface area contributed by atoms with Gasteiger partial charge in [0.2, 0.25) is 5.91 Å². The van der Waals surface area contributed by atoms with Crippen LogP contribution in [-0.2, 0) is 16.0 Å². The van der Waals surface area contributed by atoms with Crippen molar-refractivity contribution in [2.24, 2.45) is 0 Å². The minimum atomic E-state index is -0.755. The van der Waals surface area contributed by atoms with Gasteiger partial charge >= 0.3 is 0 Å². The van der Waals surface area contributed by atoms with E-state index in [9.17, 15) is 18.4 Å². The minimum absolute atomic E-state index is 0.107. The van der Waals surface area contributed by atoms with Crippen LogP contribution in [0.1, 0.15) is 18.9 Å². The lowest BCUT2D eigenvalue weighted by atomic mass is 10.1. The van der Waals surface area contributed by atoms with E-state index < -0.39 is 11.9 Å². The molecule has 5 nitrogen and oxygen atoms in total. The summed E-state index contributed by atoms with van der Waals surface area (Å²) in [6.07, 6.45) is 0.248. The van der Waals surface area contributed by atoms with Gasteiger partial charge < -0.3 is 10.2 Å². The molecular weight excluding hydrogens is 396 g/mol. The maximum Gasteiger partial charge on any atom is 0.252 e. The largest absolute Gasteiger partial charge is 0.336 e. The van der Waals surface area contributed by atoms with E-state index in [1.54, 1.807) is 30.0 Å². The Kier molecular flexibility index (Phi) is 6.53. The summed E-state index contributed by atoms with van der Waals surface area (Å²) in [6, 6.07) is 11.1. The van der Waals surface area contributed by atoms with Gasteiger partial charge in [0.25, 0.3) is 5.91 Å². The highest BCUT2D eigenvalue weighted by molar-refractivity contribution is 7.80. The Labute approximate surface area is 173 Å².